The molecule has 0 amide bonds. The van der Waals surface area contributed by atoms with Crippen LogP contribution in [0.4, 0.5) is 18.9 Å². The van der Waals surface area contributed by atoms with E-state index in [0.29, 0.717) is 29.6 Å². The minimum Gasteiger partial charge on any atom is -0.390 e. The molecule has 5 rings (SSSR count). The van der Waals surface area contributed by atoms with Crippen molar-refractivity contribution in [3.05, 3.63) is 29.8 Å². The predicted octanol–water partition coefficient (Wildman–Crippen LogP) is 4.94. The molecule has 4 bridgehead atoms. The van der Waals surface area contributed by atoms with E-state index in [0.717, 1.165) is 43.6 Å². The Labute approximate surface area is 146 Å². The van der Waals surface area contributed by atoms with Crippen molar-refractivity contribution in [2.75, 3.05) is 11.9 Å². The van der Waals surface area contributed by atoms with Gasteiger partial charge in [0.25, 0.3) is 0 Å². The average Bonchev–Trinajstić information content (AvgIpc) is 2.50. The number of anilines is 1. The smallest absolute Gasteiger partial charge is 0.390 e. The first-order chi connectivity index (χ1) is 11.7. The molecule has 25 heavy (non-hydrogen) atoms. The second kappa shape index (κ2) is 5.90. The summed E-state index contributed by atoms with van der Waals surface area (Å²) in [5.41, 5.74) is -0.282. The molecule has 2 N–H and O–H groups in total. The molecule has 5 heteroatoms. The molecule has 2 nitrogen and oxygen atoms in total. The second-order valence-corrected chi connectivity index (χ2v) is 8.70. The van der Waals surface area contributed by atoms with E-state index in [2.05, 4.69) is 12.2 Å². The van der Waals surface area contributed by atoms with Crippen molar-refractivity contribution in [3.8, 4) is 0 Å². The Morgan fingerprint density at radius 1 is 1.12 bits per heavy atom. The van der Waals surface area contributed by atoms with Gasteiger partial charge in [-0.15, -0.1) is 0 Å². The van der Waals surface area contributed by atoms with Gasteiger partial charge in [0.05, 0.1) is 11.2 Å². The van der Waals surface area contributed by atoms with Crippen molar-refractivity contribution >= 4 is 5.69 Å². The lowest BCUT2D eigenvalue weighted by Gasteiger charge is -2.59. The molecule has 1 aromatic rings. The minimum atomic E-state index is -4.29. The maximum Gasteiger partial charge on any atom is 0.416 e. The summed E-state index contributed by atoms with van der Waals surface area (Å²) in [7, 11) is 0. The Morgan fingerprint density at radius 2 is 1.72 bits per heavy atom. The van der Waals surface area contributed by atoms with Crippen LogP contribution in [-0.4, -0.2) is 17.3 Å². The van der Waals surface area contributed by atoms with Gasteiger partial charge in [-0.2, -0.15) is 13.2 Å². The summed E-state index contributed by atoms with van der Waals surface area (Å²) in [5, 5.41) is 14.0. The zero-order valence-corrected chi connectivity index (χ0v) is 14.5. The van der Waals surface area contributed by atoms with Gasteiger partial charge in [-0.3, -0.25) is 0 Å². The van der Waals surface area contributed by atoms with Crippen molar-refractivity contribution in [1.82, 2.24) is 0 Å². The molecule has 4 fully saturated rings. The van der Waals surface area contributed by atoms with E-state index in [4.69, 9.17) is 0 Å². The number of benzene rings is 1. The zero-order chi connectivity index (χ0) is 17.8. The van der Waals surface area contributed by atoms with Gasteiger partial charge in [-0.05, 0) is 86.0 Å². The molecular formula is C20H26F3NO. The molecule has 3 atom stereocenters. The van der Waals surface area contributed by atoms with Gasteiger partial charge in [0.2, 0.25) is 0 Å². The van der Waals surface area contributed by atoms with Crippen LogP contribution in [0.1, 0.15) is 44.6 Å². The summed E-state index contributed by atoms with van der Waals surface area (Å²) in [6, 6.07) is 5.28. The Bertz CT molecular complexity index is 611. The summed E-state index contributed by atoms with van der Waals surface area (Å²) < 4.78 is 37.9. The van der Waals surface area contributed by atoms with E-state index >= 15 is 0 Å². The van der Waals surface area contributed by atoms with Gasteiger partial charge in [0.1, 0.15) is 0 Å². The van der Waals surface area contributed by atoms with Crippen LogP contribution in [0.25, 0.3) is 0 Å². The molecule has 0 radical (unpaired) electrons. The molecule has 4 aliphatic carbocycles. The maximum atomic E-state index is 12.6. The number of aliphatic hydroxyl groups is 1. The van der Waals surface area contributed by atoms with Crippen molar-refractivity contribution < 1.29 is 18.3 Å². The van der Waals surface area contributed by atoms with Crippen LogP contribution < -0.4 is 5.32 Å². The number of halogens is 3. The normalized spacial score (nSPS) is 38.0. The van der Waals surface area contributed by atoms with Crippen LogP contribution in [0.3, 0.4) is 0 Å². The third-order valence-electron chi connectivity index (χ3n) is 6.81. The molecule has 4 saturated carbocycles. The SMILES string of the molecule is CC(CNc1ccc(C(F)(F)F)cc1)C1C2CC3CC1CC(O)(C3)C2. The highest BCUT2D eigenvalue weighted by Crippen LogP contribution is 2.59. The summed E-state index contributed by atoms with van der Waals surface area (Å²) in [5.74, 6) is 3.01. The molecule has 138 valence electrons. The summed E-state index contributed by atoms with van der Waals surface area (Å²) in [6.07, 6.45) is 1.07. The van der Waals surface area contributed by atoms with Crippen LogP contribution in [-0.2, 0) is 6.18 Å². The molecule has 0 aliphatic heterocycles. The van der Waals surface area contributed by atoms with E-state index in [9.17, 15) is 18.3 Å². The monoisotopic (exact) mass is 353 g/mol. The fourth-order valence-electron chi connectivity index (χ4n) is 6.14. The molecule has 0 aromatic heterocycles. The van der Waals surface area contributed by atoms with Crippen molar-refractivity contribution in [2.24, 2.45) is 29.6 Å². The van der Waals surface area contributed by atoms with Gasteiger partial charge < -0.3 is 10.4 Å². The molecule has 3 unspecified atom stereocenters. The fraction of sp³-hybridized carbons (Fsp3) is 0.700. The Morgan fingerprint density at radius 3 is 2.24 bits per heavy atom. The highest BCUT2D eigenvalue weighted by Gasteiger charge is 2.55. The quantitative estimate of drug-likeness (QED) is 0.803. The van der Waals surface area contributed by atoms with Gasteiger partial charge >= 0.3 is 6.18 Å². The molecule has 0 spiro atoms. The number of alkyl halides is 3. The summed E-state index contributed by atoms with van der Waals surface area (Å²) in [6.45, 7) is 3.01. The van der Waals surface area contributed by atoms with E-state index < -0.39 is 17.3 Å². The fourth-order valence-corrected chi connectivity index (χ4v) is 6.14. The molecule has 1 aromatic carbocycles. The standard InChI is InChI=1S/C20H26F3NO/c1-12(11-24-17-4-2-16(3-5-17)20(21,22)23)18-14-6-13-7-15(18)10-19(25,8-13)9-14/h2-5,12-15,18,24-25H,6-11H2,1H3. The maximum absolute atomic E-state index is 12.6. The van der Waals surface area contributed by atoms with Crippen molar-refractivity contribution in [1.29, 1.82) is 0 Å². The van der Waals surface area contributed by atoms with E-state index in [1.807, 2.05) is 0 Å². The molecular weight excluding hydrogens is 327 g/mol. The van der Waals surface area contributed by atoms with Crippen LogP contribution in [0.2, 0.25) is 0 Å². The lowest BCUT2D eigenvalue weighted by Crippen LogP contribution is -2.56. The lowest BCUT2D eigenvalue weighted by molar-refractivity contribution is -0.160. The summed E-state index contributed by atoms with van der Waals surface area (Å²) >= 11 is 0. The molecule has 0 saturated heterocycles. The van der Waals surface area contributed by atoms with Crippen LogP contribution in [0, 0.1) is 29.6 Å². The van der Waals surface area contributed by atoms with Gasteiger partial charge in [0.15, 0.2) is 0 Å². The minimum absolute atomic E-state index is 0.409. The lowest BCUT2D eigenvalue weighted by atomic mass is 9.48. The molecule has 0 heterocycles. The first kappa shape index (κ1) is 17.2. The van der Waals surface area contributed by atoms with E-state index in [1.165, 1.54) is 25.0 Å². The second-order valence-electron chi connectivity index (χ2n) is 8.70. The Balaban J connectivity index is 1.37. The van der Waals surface area contributed by atoms with Crippen LogP contribution >= 0.6 is 0 Å². The van der Waals surface area contributed by atoms with Crippen molar-refractivity contribution in [2.45, 2.75) is 50.8 Å². The van der Waals surface area contributed by atoms with Gasteiger partial charge in [0, 0.05) is 12.2 Å². The first-order valence-electron chi connectivity index (χ1n) is 9.37. The van der Waals surface area contributed by atoms with Crippen LogP contribution in [0.15, 0.2) is 24.3 Å². The average molecular weight is 353 g/mol. The number of hydrogen-bond donors (Lipinski definition) is 2. The Kier molecular flexibility index (Phi) is 4.06. The highest BCUT2D eigenvalue weighted by molar-refractivity contribution is 5.45. The van der Waals surface area contributed by atoms with E-state index in [1.54, 1.807) is 0 Å². The summed E-state index contributed by atoms with van der Waals surface area (Å²) in [4.78, 5) is 0. The largest absolute Gasteiger partial charge is 0.416 e. The van der Waals surface area contributed by atoms with Gasteiger partial charge in [-0.25, -0.2) is 0 Å². The van der Waals surface area contributed by atoms with Gasteiger partial charge in [-0.1, -0.05) is 6.92 Å². The zero-order valence-electron chi connectivity index (χ0n) is 14.5. The third kappa shape index (κ3) is 3.27. The third-order valence-corrected chi connectivity index (χ3v) is 6.81. The van der Waals surface area contributed by atoms with E-state index in [-0.39, 0.29) is 0 Å². The number of hydrogen-bond acceptors (Lipinski definition) is 2. The number of nitrogens with one attached hydrogen (secondary N) is 1. The number of rotatable bonds is 4. The molecule has 4 aliphatic rings. The van der Waals surface area contributed by atoms with Crippen molar-refractivity contribution in [3.63, 3.8) is 0 Å². The predicted molar refractivity (Wildman–Crippen MR) is 91.1 cm³/mol. The topological polar surface area (TPSA) is 32.3 Å². The van der Waals surface area contributed by atoms with Crippen LogP contribution in [0.5, 0.6) is 0 Å². The first-order valence-corrected chi connectivity index (χ1v) is 9.37. The Hall–Kier alpha value is -1.23. The highest BCUT2D eigenvalue weighted by atomic mass is 19.4.